The molecule has 2 heterocycles. The Bertz CT molecular complexity index is 558. The maximum Gasteiger partial charge on any atom is 0.238 e. The van der Waals surface area contributed by atoms with Crippen LogP contribution in [0.3, 0.4) is 0 Å². The largest absolute Gasteiger partial charge is 0.476 e. The molecule has 0 aromatic carbocycles. The van der Waals surface area contributed by atoms with Crippen LogP contribution in [0, 0.1) is 0 Å². The van der Waals surface area contributed by atoms with E-state index in [2.05, 4.69) is 15.2 Å². The van der Waals surface area contributed by atoms with Crippen molar-refractivity contribution >= 4 is 33.9 Å². The summed E-state index contributed by atoms with van der Waals surface area (Å²) in [6.07, 6.45) is 0. The third-order valence-corrected chi connectivity index (χ3v) is 4.19. The number of aromatic nitrogens is 3. The van der Waals surface area contributed by atoms with E-state index in [0.717, 1.165) is 14.5 Å². The SMILES string of the molecule is CCOc1nc(Sc2nnc(N(C)C)s2)ccc1N. The van der Waals surface area contributed by atoms with Crippen molar-refractivity contribution in [1.29, 1.82) is 0 Å². The Hall–Kier alpha value is -1.54. The first-order valence-electron chi connectivity index (χ1n) is 5.68. The molecule has 102 valence electrons. The summed E-state index contributed by atoms with van der Waals surface area (Å²) in [5.74, 6) is 0.463. The molecule has 8 heteroatoms. The van der Waals surface area contributed by atoms with Gasteiger partial charge in [0.2, 0.25) is 11.0 Å². The second-order valence-corrected chi connectivity index (χ2v) is 6.05. The van der Waals surface area contributed by atoms with E-state index in [0.29, 0.717) is 18.2 Å². The fraction of sp³-hybridized carbons (Fsp3) is 0.364. The highest BCUT2D eigenvalue weighted by atomic mass is 32.2. The van der Waals surface area contributed by atoms with Crippen LogP contribution in [-0.4, -0.2) is 35.9 Å². The smallest absolute Gasteiger partial charge is 0.238 e. The average molecular weight is 297 g/mol. The van der Waals surface area contributed by atoms with Crippen molar-refractivity contribution in [3.05, 3.63) is 12.1 Å². The minimum atomic E-state index is 0.463. The third-order valence-electron chi connectivity index (χ3n) is 2.12. The molecule has 0 saturated carbocycles. The van der Waals surface area contributed by atoms with Crippen molar-refractivity contribution in [2.45, 2.75) is 16.3 Å². The Morgan fingerprint density at radius 2 is 2.16 bits per heavy atom. The van der Waals surface area contributed by atoms with E-state index in [1.807, 2.05) is 32.0 Å². The van der Waals surface area contributed by atoms with Gasteiger partial charge in [0.15, 0.2) is 4.34 Å². The van der Waals surface area contributed by atoms with Gasteiger partial charge in [0, 0.05) is 14.1 Å². The average Bonchev–Trinajstić information content (AvgIpc) is 2.82. The minimum absolute atomic E-state index is 0.463. The van der Waals surface area contributed by atoms with Crippen molar-refractivity contribution in [2.24, 2.45) is 0 Å². The van der Waals surface area contributed by atoms with E-state index in [1.165, 1.54) is 23.1 Å². The third kappa shape index (κ3) is 3.48. The summed E-state index contributed by atoms with van der Waals surface area (Å²) < 4.78 is 6.20. The molecule has 0 radical (unpaired) electrons. The molecule has 0 aliphatic rings. The van der Waals surface area contributed by atoms with Crippen LogP contribution in [0.1, 0.15) is 6.92 Å². The summed E-state index contributed by atoms with van der Waals surface area (Å²) in [5.41, 5.74) is 6.32. The van der Waals surface area contributed by atoms with Gasteiger partial charge in [-0.05, 0) is 30.8 Å². The molecule has 2 N–H and O–H groups in total. The number of nitrogens with zero attached hydrogens (tertiary/aromatic N) is 4. The Balaban J connectivity index is 2.15. The fourth-order valence-corrected chi connectivity index (χ4v) is 2.93. The lowest BCUT2D eigenvalue weighted by Gasteiger charge is -2.06. The van der Waals surface area contributed by atoms with E-state index in [9.17, 15) is 0 Å². The number of pyridine rings is 1. The summed E-state index contributed by atoms with van der Waals surface area (Å²) in [6.45, 7) is 2.43. The van der Waals surface area contributed by atoms with Crippen LogP contribution >= 0.6 is 23.1 Å². The molecule has 0 fully saturated rings. The molecule has 0 unspecified atom stereocenters. The van der Waals surface area contributed by atoms with Gasteiger partial charge in [0.05, 0.1) is 12.3 Å². The molecule has 19 heavy (non-hydrogen) atoms. The standard InChI is InChI=1S/C11H15N5OS2/c1-4-17-9-7(12)5-6-8(13-9)18-11-15-14-10(19-11)16(2)3/h5-6H,4,12H2,1-3H3. The predicted octanol–water partition coefficient (Wildman–Crippen LogP) is 2.13. The molecule has 0 spiro atoms. The highest BCUT2D eigenvalue weighted by molar-refractivity contribution is 8.01. The van der Waals surface area contributed by atoms with Crippen LogP contribution in [0.15, 0.2) is 21.5 Å². The van der Waals surface area contributed by atoms with E-state index in [-0.39, 0.29) is 0 Å². The lowest BCUT2D eigenvalue weighted by atomic mass is 10.4. The van der Waals surface area contributed by atoms with Crippen LogP contribution in [0.4, 0.5) is 10.8 Å². The Kier molecular flexibility index (Phi) is 4.43. The lowest BCUT2D eigenvalue weighted by molar-refractivity contribution is 0.326. The van der Waals surface area contributed by atoms with Gasteiger partial charge in [-0.3, -0.25) is 0 Å². The number of hydrogen-bond donors (Lipinski definition) is 1. The zero-order chi connectivity index (χ0) is 13.8. The molecular formula is C11H15N5OS2. The number of nitrogens with two attached hydrogens (primary N) is 1. The highest BCUT2D eigenvalue weighted by Gasteiger charge is 2.10. The van der Waals surface area contributed by atoms with Gasteiger partial charge in [0.1, 0.15) is 5.03 Å². The molecule has 6 nitrogen and oxygen atoms in total. The first kappa shape index (κ1) is 13.9. The lowest BCUT2D eigenvalue weighted by Crippen LogP contribution is -2.07. The maximum atomic E-state index is 5.78. The number of anilines is 2. The van der Waals surface area contributed by atoms with Gasteiger partial charge in [-0.15, -0.1) is 10.2 Å². The molecule has 0 saturated heterocycles. The van der Waals surface area contributed by atoms with Crippen LogP contribution in [0.2, 0.25) is 0 Å². The van der Waals surface area contributed by atoms with Gasteiger partial charge >= 0.3 is 0 Å². The molecule has 0 bridgehead atoms. The summed E-state index contributed by atoms with van der Waals surface area (Å²) in [4.78, 5) is 6.27. The Morgan fingerprint density at radius 3 is 2.79 bits per heavy atom. The predicted molar refractivity (Wildman–Crippen MR) is 78.2 cm³/mol. The topological polar surface area (TPSA) is 77.2 Å². The highest BCUT2D eigenvalue weighted by Crippen LogP contribution is 2.33. The van der Waals surface area contributed by atoms with Gasteiger partial charge in [-0.1, -0.05) is 11.3 Å². The summed E-state index contributed by atoms with van der Waals surface area (Å²) in [7, 11) is 3.87. The second kappa shape index (κ2) is 6.07. The van der Waals surface area contributed by atoms with E-state index < -0.39 is 0 Å². The molecule has 0 atom stereocenters. The molecule has 2 aromatic rings. The Morgan fingerprint density at radius 1 is 1.37 bits per heavy atom. The zero-order valence-corrected chi connectivity index (χ0v) is 12.6. The molecule has 0 aliphatic carbocycles. The monoisotopic (exact) mass is 297 g/mol. The van der Waals surface area contributed by atoms with Crippen molar-refractivity contribution in [3.63, 3.8) is 0 Å². The molecule has 0 aliphatic heterocycles. The van der Waals surface area contributed by atoms with Crippen molar-refractivity contribution in [1.82, 2.24) is 15.2 Å². The quantitative estimate of drug-likeness (QED) is 0.905. The summed E-state index contributed by atoms with van der Waals surface area (Å²) >= 11 is 2.96. The van der Waals surface area contributed by atoms with Crippen molar-refractivity contribution in [2.75, 3.05) is 31.3 Å². The maximum absolute atomic E-state index is 5.78. The second-order valence-electron chi connectivity index (χ2n) is 3.82. The Labute approximate surface area is 120 Å². The van der Waals surface area contributed by atoms with Crippen LogP contribution in [-0.2, 0) is 0 Å². The van der Waals surface area contributed by atoms with Gasteiger partial charge < -0.3 is 15.4 Å². The van der Waals surface area contributed by atoms with Gasteiger partial charge in [-0.25, -0.2) is 4.98 Å². The number of hydrogen-bond acceptors (Lipinski definition) is 8. The first-order valence-corrected chi connectivity index (χ1v) is 7.31. The number of rotatable bonds is 5. The van der Waals surface area contributed by atoms with Crippen molar-refractivity contribution in [3.8, 4) is 5.88 Å². The molecule has 2 aromatic heterocycles. The summed E-state index contributed by atoms with van der Waals surface area (Å²) in [5, 5.41) is 9.84. The molecule has 0 amide bonds. The van der Waals surface area contributed by atoms with Crippen LogP contribution < -0.4 is 15.4 Å². The normalized spacial score (nSPS) is 10.5. The summed E-state index contributed by atoms with van der Waals surface area (Å²) in [6, 6.07) is 3.63. The minimum Gasteiger partial charge on any atom is -0.476 e. The fourth-order valence-electron chi connectivity index (χ4n) is 1.26. The van der Waals surface area contributed by atoms with Crippen LogP contribution in [0.25, 0.3) is 0 Å². The van der Waals surface area contributed by atoms with Gasteiger partial charge in [-0.2, -0.15) is 0 Å². The number of ether oxygens (including phenoxy) is 1. The van der Waals surface area contributed by atoms with Gasteiger partial charge in [0.25, 0.3) is 0 Å². The van der Waals surface area contributed by atoms with E-state index >= 15 is 0 Å². The van der Waals surface area contributed by atoms with E-state index in [1.54, 1.807) is 6.07 Å². The van der Waals surface area contributed by atoms with Crippen LogP contribution in [0.5, 0.6) is 5.88 Å². The number of nitrogen functional groups attached to an aromatic ring is 1. The zero-order valence-electron chi connectivity index (χ0n) is 11.0. The van der Waals surface area contributed by atoms with E-state index in [4.69, 9.17) is 10.5 Å². The van der Waals surface area contributed by atoms with Crippen molar-refractivity contribution < 1.29 is 4.74 Å². The first-order chi connectivity index (χ1) is 9.10. The molecule has 2 rings (SSSR count). The molecular weight excluding hydrogens is 282 g/mol.